The number of piperazine rings is 1. The van der Waals surface area contributed by atoms with E-state index >= 15 is 0 Å². The van der Waals surface area contributed by atoms with Crippen LogP contribution in [0.25, 0.3) is 6.08 Å². The van der Waals surface area contributed by atoms with E-state index in [0.717, 1.165) is 18.9 Å². The lowest BCUT2D eigenvalue weighted by molar-refractivity contribution is -0.384. The lowest BCUT2D eigenvalue weighted by Gasteiger charge is -2.36. The number of methoxy groups -OCH3 is 1. The van der Waals surface area contributed by atoms with Crippen molar-refractivity contribution >= 4 is 29.2 Å². The summed E-state index contributed by atoms with van der Waals surface area (Å²) < 4.78 is 4.54. The fourth-order valence-corrected chi connectivity index (χ4v) is 3.01. The molecule has 1 saturated heterocycles. The summed E-state index contributed by atoms with van der Waals surface area (Å²) in [6.07, 6.45) is 4.50. The van der Waals surface area contributed by atoms with E-state index in [1.54, 1.807) is 18.3 Å². The van der Waals surface area contributed by atoms with Gasteiger partial charge < -0.3 is 14.5 Å². The number of esters is 1. The van der Waals surface area contributed by atoms with Crippen LogP contribution in [0.15, 0.2) is 48.7 Å². The number of aromatic nitrogens is 1. The van der Waals surface area contributed by atoms with E-state index in [1.165, 1.54) is 25.3 Å². The highest BCUT2D eigenvalue weighted by Gasteiger charge is 2.24. The molecule has 0 saturated carbocycles. The Labute approximate surface area is 156 Å². The Hall–Kier alpha value is -3.42. The third-order valence-corrected chi connectivity index (χ3v) is 4.40. The number of hydrogen-bond acceptors (Lipinski definition) is 7. The largest absolute Gasteiger partial charge is 0.466 e. The van der Waals surface area contributed by atoms with E-state index in [0.29, 0.717) is 24.3 Å². The van der Waals surface area contributed by atoms with Gasteiger partial charge in [0.25, 0.3) is 5.69 Å². The van der Waals surface area contributed by atoms with Crippen molar-refractivity contribution in [2.75, 3.05) is 43.1 Å². The SMILES string of the molecule is COC(=O)/C=C/c1ccc(N2CCN(c3ccccn3)CC2)c([N+](=O)[O-])c1. The summed E-state index contributed by atoms with van der Waals surface area (Å²) >= 11 is 0. The topological polar surface area (TPSA) is 88.8 Å². The number of rotatable bonds is 5. The first-order valence-corrected chi connectivity index (χ1v) is 8.54. The molecule has 8 heteroatoms. The van der Waals surface area contributed by atoms with Crippen molar-refractivity contribution in [3.63, 3.8) is 0 Å². The second-order valence-electron chi connectivity index (χ2n) is 6.02. The number of hydrogen-bond donors (Lipinski definition) is 0. The van der Waals surface area contributed by atoms with Gasteiger partial charge in [-0.2, -0.15) is 0 Å². The average Bonchev–Trinajstić information content (AvgIpc) is 2.72. The number of carbonyl (C=O) groups is 1. The summed E-state index contributed by atoms with van der Waals surface area (Å²) in [6.45, 7) is 2.79. The molecule has 2 aromatic rings. The number of nitro groups is 1. The van der Waals surface area contributed by atoms with Crippen molar-refractivity contribution in [2.24, 2.45) is 0 Å². The van der Waals surface area contributed by atoms with Gasteiger partial charge in [0.1, 0.15) is 11.5 Å². The van der Waals surface area contributed by atoms with Gasteiger partial charge >= 0.3 is 5.97 Å². The van der Waals surface area contributed by atoms with Gasteiger partial charge in [-0.25, -0.2) is 9.78 Å². The highest BCUT2D eigenvalue weighted by molar-refractivity contribution is 5.87. The highest BCUT2D eigenvalue weighted by atomic mass is 16.6. The van der Waals surface area contributed by atoms with Gasteiger partial charge in [-0.1, -0.05) is 12.1 Å². The Bertz CT molecular complexity index is 846. The molecule has 1 aliphatic heterocycles. The van der Waals surface area contributed by atoms with Crippen LogP contribution in [0.4, 0.5) is 17.2 Å². The zero-order chi connectivity index (χ0) is 19.2. The van der Waals surface area contributed by atoms with Crippen LogP contribution in [-0.2, 0) is 9.53 Å². The van der Waals surface area contributed by atoms with Crippen molar-refractivity contribution in [3.8, 4) is 0 Å². The number of carbonyl (C=O) groups excluding carboxylic acids is 1. The van der Waals surface area contributed by atoms with Gasteiger partial charge in [-0.3, -0.25) is 10.1 Å². The van der Waals surface area contributed by atoms with E-state index in [9.17, 15) is 14.9 Å². The van der Waals surface area contributed by atoms with Crippen LogP contribution in [0, 0.1) is 10.1 Å². The number of anilines is 2. The van der Waals surface area contributed by atoms with Crippen LogP contribution in [0.3, 0.4) is 0 Å². The van der Waals surface area contributed by atoms with Crippen molar-refractivity contribution < 1.29 is 14.5 Å². The molecule has 3 rings (SSSR count). The third-order valence-electron chi connectivity index (χ3n) is 4.40. The zero-order valence-electron chi connectivity index (χ0n) is 14.9. The Morgan fingerprint density at radius 1 is 1.19 bits per heavy atom. The van der Waals surface area contributed by atoms with E-state index in [4.69, 9.17) is 0 Å². The molecule has 0 atom stereocenters. The molecule has 0 unspecified atom stereocenters. The summed E-state index contributed by atoms with van der Waals surface area (Å²) in [5.74, 6) is 0.405. The summed E-state index contributed by atoms with van der Waals surface area (Å²) in [5, 5.41) is 11.5. The minimum atomic E-state index is -0.507. The second-order valence-corrected chi connectivity index (χ2v) is 6.02. The normalized spacial score (nSPS) is 14.4. The van der Waals surface area contributed by atoms with E-state index in [1.807, 2.05) is 23.1 Å². The van der Waals surface area contributed by atoms with Crippen LogP contribution in [-0.4, -0.2) is 49.2 Å². The molecule has 2 heterocycles. The summed E-state index contributed by atoms with van der Waals surface area (Å²) in [4.78, 5) is 30.9. The quantitative estimate of drug-likeness (QED) is 0.347. The summed E-state index contributed by atoms with van der Waals surface area (Å²) in [5.41, 5.74) is 1.17. The number of pyridine rings is 1. The molecule has 8 nitrogen and oxygen atoms in total. The Morgan fingerprint density at radius 2 is 1.93 bits per heavy atom. The van der Waals surface area contributed by atoms with E-state index < -0.39 is 10.9 Å². The van der Waals surface area contributed by atoms with Gasteiger partial charge in [0.2, 0.25) is 0 Å². The van der Waals surface area contributed by atoms with Gasteiger partial charge in [0.15, 0.2) is 0 Å². The predicted molar refractivity (Wildman–Crippen MR) is 103 cm³/mol. The first-order valence-electron chi connectivity index (χ1n) is 8.54. The number of nitro benzene ring substituents is 1. The highest BCUT2D eigenvalue weighted by Crippen LogP contribution is 2.31. The standard InChI is InChI=1S/C19H20N4O4/c1-27-19(24)8-6-15-5-7-16(17(14-15)23(25)26)21-10-12-22(13-11-21)18-4-2-3-9-20-18/h2-9,14H,10-13H2,1H3/b8-6+. The van der Waals surface area contributed by atoms with Gasteiger partial charge in [-0.15, -0.1) is 0 Å². The fraction of sp³-hybridized carbons (Fsp3) is 0.263. The minimum Gasteiger partial charge on any atom is -0.466 e. The van der Waals surface area contributed by atoms with Crippen LogP contribution >= 0.6 is 0 Å². The smallest absolute Gasteiger partial charge is 0.330 e. The van der Waals surface area contributed by atoms with Crippen molar-refractivity contribution in [3.05, 3.63) is 64.3 Å². The molecule has 140 valence electrons. The second kappa shape index (κ2) is 8.31. The van der Waals surface area contributed by atoms with E-state index in [-0.39, 0.29) is 5.69 Å². The van der Waals surface area contributed by atoms with Gasteiger partial charge in [0, 0.05) is 44.5 Å². The Balaban J connectivity index is 1.75. The molecular formula is C19H20N4O4. The summed E-state index contributed by atoms with van der Waals surface area (Å²) in [7, 11) is 1.28. The molecule has 1 aliphatic rings. The van der Waals surface area contributed by atoms with Crippen molar-refractivity contribution in [1.29, 1.82) is 0 Å². The van der Waals surface area contributed by atoms with Crippen molar-refractivity contribution in [2.45, 2.75) is 0 Å². The molecule has 27 heavy (non-hydrogen) atoms. The maximum atomic E-state index is 11.5. The molecule has 1 fully saturated rings. The monoisotopic (exact) mass is 368 g/mol. The van der Waals surface area contributed by atoms with E-state index in [2.05, 4.69) is 14.6 Å². The molecule has 1 aromatic carbocycles. The molecule has 0 spiro atoms. The minimum absolute atomic E-state index is 0.0216. The molecule has 0 radical (unpaired) electrons. The Morgan fingerprint density at radius 3 is 2.56 bits per heavy atom. The number of benzene rings is 1. The average molecular weight is 368 g/mol. The molecular weight excluding hydrogens is 348 g/mol. The van der Waals surface area contributed by atoms with Crippen LogP contribution < -0.4 is 9.80 Å². The number of ether oxygens (including phenoxy) is 1. The zero-order valence-corrected chi connectivity index (χ0v) is 14.9. The molecule has 1 aromatic heterocycles. The first kappa shape index (κ1) is 18.4. The van der Waals surface area contributed by atoms with Crippen LogP contribution in [0.1, 0.15) is 5.56 Å². The van der Waals surface area contributed by atoms with Crippen molar-refractivity contribution in [1.82, 2.24) is 4.98 Å². The molecule has 0 N–H and O–H groups in total. The predicted octanol–water partition coefficient (Wildman–Crippen LogP) is 2.50. The maximum absolute atomic E-state index is 11.5. The Kier molecular flexibility index (Phi) is 5.65. The lowest BCUT2D eigenvalue weighted by atomic mass is 10.1. The third kappa shape index (κ3) is 4.41. The molecule has 0 amide bonds. The maximum Gasteiger partial charge on any atom is 0.330 e. The summed E-state index contributed by atoms with van der Waals surface area (Å²) in [6, 6.07) is 10.7. The van der Waals surface area contributed by atoms with Crippen LogP contribution in [0.5, 0.6) is 0 Å². The van der Waals surface area contributed by atoms with Crippen LogP contribution in [0.2, 0.25) is 0 Å². The molecule has 0 aliphatic carbocycles. The van der Waals surface area contributed by atoms with Gasteiger partial charge in [-0.05, 0) is 29.8 Å². The first-order chi connectivity index (χ1) is 13.1. The fourth-order valence-electron chi connectivity index (χ4n) is 3.01. The lowest BCUT2D eigenvalue weighted by Crippen LogP contribution is -2.47. The molecule has 0 bridgehead atoms. The number of nitrogens with zero attached hydrogens (tertiary/aromatic N) is 4. The van der Waals surface area contributed by atoms with Gasteiger partial charge in [0.05, 0.1) is 12.0 Å².